The molecule has 1 aromatic carbocycles. The second-order valence-electron chi connectivity index (χ2n) is 5.76. The van der Waals surface area contributed by atoms with E-state index in [2.05, 4.69) is 10.3 Å². The van der Waals surface area contributed by atoms with E-state index < -0.39 is 0 Å². The summed E-state index contributed by atoms with van der Waals surface area (Å²) in [6.07, 6.45) is 4.86. The molecular weight excluding hydrogens is 330 g/mol. The fourth-order valence-electron chi connectivity index (χ4n) is 3.04. The molecule has 1 aliphatic heterocycles. The SMILES string of the molecule is COc1cc(Cl)cc2cc(C(=O)Nc3cnc4n3CCCC4)oc12. The van der Waals surface area contributed by atoms with Crippen LogP contribution in [-0.2, 0) is 13.0 Å². The van der Waals surface area contributed by atoms with Crippen molar-refractivity contribution in [2.75, 3.05) is 12.4 Å². The van der Waals surface area contributed by atoms with E-state index in [1.54, 1.807) is 24.4 Å². The lowest BCUT2D eigenvalue weighted by atomic mass is 10.2. The number of halogens is 1. The van der Waals surface area contributed by atoms with Gasteiger partial charge in [-0.25, -0.2) is 4.98 Å². The van der Waals surface area contributed by atoms with Crippen molar-refractivity contribution in [1.82, 2.24) is 9.55 Å². The van der Waals surface area contributed by atoms with E-state index >= 15 is 0 Å². The van der Waals surface area contributed by atoms with Crippen LogP contribution in [0.15, 0.2) is 28.8 Å². The highest BCUT2D eigenvalue weighted by Gasteiger charge is 2.19. The topological polar surface area (TPSA) is 69.3 Å². The van der Waals surface area contributed by atoms with Gasteiger partial charge >= 0.3 is 0 Å². The summed E-state index contributed by atoms with van der Waals surface area (Å²) >= 11 is 6.05. The second-order valence-corrected chi connectivity index (χ2v) is 6.20. The minimum Gasteiger partial charge on any atom is -0.493 e. The van der Waals surface area contributed by atoms with Crippen LogP contribution in [0.4, 0.5) is 5.82 Å². The van der Waals surface area contributed by atoms with Crippen LogP contribution >= 0.6 is 11.6 Å². The van der Waals surface area contributed by atoms with Crippen LogP contribution in [-0.4, -0.2) is 22.6 Å². The summed E-state index contributed by atoms with van der Waals surface area (Å²) in [5.74, 6) is 2.09. The summed E-state index contributed by atoms with van der Waals surface area (Å²) in [7, 11) is 1.53. The summed E-state index contributed by atoms with van der Waals surface area (Å²) in [6.45, 7) is 0.870. The van der Waals surface area contributed by atoms with Gasteiger partial charge in [-0.05, 0) is 25.0 Å². The molecule has 0 radical (unpaired) electrons. The molecule has 0 unspecified atom stereocenters. The number of aryl methyl sites for hydroxylation is 1. The van der Waals surface area contributed by atoms with Crippen LogP contribution < -0.4 is 10.1 Å². The largest absolute Gasteiger partial charge is 0.493 e. The molecule has 7 heteroatoms. The molecule has 1 N–H and O–H groups in total. The Hall–Kier alpha value is -2.47. The Balaban J connectivity index is 1.65. The van der Waals surface area contributed by atoms with E-state index in [1.807, 2.05) is 4.57 Å². The highest BCUT2D eigenvalue weighted by atomic mass is 35.5. The van der Waals surface area contributed by atoms with Gasteiger partial charge in [0.1, 0.15) is 11.6 Å². The molecule has 2 aromatic heterocycles. The Labute approximate surface area is 143 Å². The molecule has 0 fully saturated rings. The number of anilines is 1. The molecule has 1 amide bonds. The van der Waals surface area contributed by atoms with E-state index in [1.165, 1.54) is 7.11 Å². The molecule has 0 spiro atoms. The predicted octanol–water partition coefficient (Wildman–Crippen LogP) is 3.88. The van der Waals surface area contributed by atoms with Crippen LogP contribution in [0.3, 0.4) is 0 Å². The molecule has 4 rings (SSSR count). The fraction of sp³-hybridized carbons (Fsp3) is 0.294. The molecule has 0 bridgehead atoms. The van der Waals surface area contributed by atoms with Gasteiger partial charge in [0.15, 0.2) is 17.1 Å². The smallest absolute Gasteiger partial charge is 0.292 e. The van der Waals surface area contributed by atoms with Crippen molar-refractivity contribution in [3.05, 3.63) is 41.0 Å². The van der Waals surface area contributed by atoms with Crippen LogP contribution in [0.25, 0.3) is 11.0 Å². The molecule has 1 aliphatic rings. The maximum atomic E-state index is 12.5. The van der Waals surface area contributed by atoms with E-state index in [0.29, 0.717) is 22.2 Å². The number of amides is 1. The molecule has 3 aromatic rings. The van der Waals surface area contributed by atoms with E-state index in [-0.39, 0.29) is 11.7 Å². The number of fused-ring (bicyclic) bond motifs is 2. The normalized spacial score (nSPS) is 13.8. The van der Waals surface area contributed by atoms with Crippen molar-refractivity contribution in [3.63, 3.8) is 0 Å². The number of aromatic nitrogens is 2. The number of nitrogens with one attached hydrogen (secondary N) is 1. The second kappa shape index (κ2) is 5.87. The first-order valence-electron chi connectivity index (χ1n) is 7.78. The summed E-state index contributed by atoms with van der Waals surface area (Å²) in [5, 5.41) is 4.12. The van der Waals surface area contributed by atoms with Crippen LogP contribution in [0.5, 0.6) is 5.75 Å². The van der Waals surface area contributed by atoms with Crippen LogP contribution in [0.2, 0.25) is 5.02 Å². The molecule has 0 saturated heterocycles. The number of carbonyl (C=O) groups excluding carboxylic acids is 1. The number of nitrogens with zero attached hydrogens (tertiary/aromatic N) is 2. The summed E-state index contributed by atoms with van der Waals surface area (Å²) in [4.78, 5) is 16.9. The van der Waals surface area contributed by atoms with Crippen LogP contribution in [0, 0.1) is 0 Å². The van der Waals surface area contributed by atoms with Crippen molar-refractivity contribution in [3.8, 4) is 5.75 Å². The zero-order valence-corrected chi connectivity index (χ0v) is 13.9. The number of ether oxygens (including phenoxy) is 1. The first-order valence-corrected chi connectivity index (χ1v) is 8.16. The Bertz CT molecular complexity index is 929. The number of rotatable bonds is 3. The third-order valence-electron chi connectivity index (χ3n) is 4.20. The number of furan rings is 1. The third kappa shape index (κ3) is 2.53. The zero-order valence-electron chi connectivity index (χ0n) is 13.1. The lowest BCUT2D eigenvalue weighted by Gasteiger charge is -2.16. The van der Waals surface area contributed by atoms with Gasteiger partial charge in [0, 0.05) is 29.4 Å². The molecule has 0 saturated carbocycles. The Kier molecular flexibility index (Phi) is 3.69. The summed E-state index contributed by atoms with van der Waals surface area (Å²) in [5.41, 5.74) is 0.502. The van der Waals surface area contributed by atoms with Crippen molar-refractivity contribution in [2.45, 2.75) is 25.8 Å². The molecule has 6 nitrogen and oxygen atoms in total. The van der Waals surface area contributed by atoms with E-state index in [0.717, 1.165) is 37.0 Å². The number of hydrogen-bond acceptors (Lipinski definition) is 4. The van der Waals surface area contributed by atoms with Crippen molar-refractivity contribution >= 4 is 34.3 Å². The molecule has 3 heterocycles. The number of methoxy groups -OCH3 is 1. The molecule has 0 aliphatic carbocycles. The first kappa shape index (κ1) is 15.1. The molecule has 0 atom stereocenters. The molecule has 124 valence electrons. The van der Waals surface area contributed by atoms with Gasteiger partial charge in [-0.3, -0.25) is 4.79 Å². The lowest BCUT2D eigenvalue weighted by Crippen LogP contribution is -2.17. The number of benzene rings is 1. The van der Waals surface area contributed by atoms with Gasteiger partial charge in [-0.1, -0.05) is 11.6 Å². The fourth-order valence-corrected chi connectivity index (χ4v) is 3.26. The minimum absolute atomic E-state index is 0.205. The maximum Gasteiger partial charge on any atom is 0.292 e. The minimum atomic E-state index is -0.322. The van der Waals surface area contributed by atoms with E-state index in [4.69, 9.17) is 20.8 Å². The number of imidazole rings is 1. The average molecular weight is 346 g/mol. The van der Waals surface area contributed by atoms with Gasteiger partial charge in [0.05, 0.1) is 13.3 Å². The summed E-state index contributed by atoms with van der Waals surface area (Å²) < 4.78 is 13.0. The average Bonchev–Trinajstić information content (AvgIpc) is 3.18. The Morgan fingerprint density at radius 3 is 3.08 bits per heavy atom. The van der Waals surface area contributed by atoms with Gasteiger partial charge in [-0.2, -0.15) is 0 Å². The third-order valence-corrected chi connectivity index (χ3v) is 4.42. The van der Waals surface area contributed by atoms with Gasteiger partial charge in [0.2, 0.25) is 0 Å². The highest BCUT2D eigenvalue weighted by Crippen LogP contribution is 2.32. The number of carbonyl (C=O) groups is 1. The number of hydrogen-bond donors (Lipinski definition) is 1. The van der Waals surface area contributed by atoms with Gasteiger partial charge in [-0.15, -0.1) is 0 Å². The molecule has 24 heavy (non-hydrogen) atoms. The van der Waals surface area contributed by atoms with Crippen LogP contribution in [0.1, 0.15) is 29.2 Å². The zero-order chi connectivity index (χ0) is 16.7. The maximum absolute atomic E-state index is 12.5. The van der Waals surface area contributed by atoms with Gasteiger partial charge < -0.3 is 19.0 Å². The standard InChI is InChI=1S/C17H16ClN3O3/c1-23-12-8-11(18)6-10-7-13(24-16(10)12)17(22)20-15-9-19-14-4-2-3-5-21(14)15/h6-9H,2-5H2,1H3,(H,20,22). The first-order chi connectivity index (χ1) is 11.7. The Morgan fingerprint density at radius 1 is 1.38 bits per heavy atom. The Morgan fingerprint density at radius 2 is 2.25 bits per heavy atom. The van der Waals surface area contributed by atoms with E-state index in [9.17, 15) is 4.79 Å². The monoisotopic (exact) mass is 345 g/mol. The summed E-state index contributed by atoms with van der Waals surface area (Å²) in [6, 6.07) is 5.05. The highest BCUT2D eigenvalue weighted by molar-refractivity contribution is 6.31. The predicted molar refractivity (Wildman–Crippen MR) is 90.9 cm³/mol. The molecular formula is C17H16ClN3O3. The van der Waals surface area contributed by atoms with Crippen molar-refractivity contribution in [1.29, 1.82) is 0 Å². The van der Waals surface area contributed by atoms with Crippen molar-refractivity contribution in [2.24, 2.45) is 0 Å². The van der Waals surface area contributed by atoms with Crippen molar-refractivity contribution < 1.29 is 13.9 Å². The lowest BCUT2D eigenvalue weighted by molar-refractivity contribution is 0.0997. The van der Waals surface area contributed by atoms with Gasteiger partial charge in [0.25, 0.3) is 5.91 Å². The quantitative estimate of drug-likeness (QED) is 0.782.